The number of benzene rings is 1. The van der Waals surface area contributed by atoms with Crippen molar-refractivity contribution in [2.45, 2.75) is 40.3 Å². The summed E-state index contributed by atoms with van der Waals surface area (Å²) in [7, 11) is 0. The van der Waals surface area contributed by atoms with Gasteiger partial charge in [0, 0.05) is 12.3 Å². The number of halogens is 1. The van der Waals surface area contributed by atoms with Crippen molar-refractivity contribution in [1.82, 2.24) is 9.55 Å². The Balaban J connectivity index is 2.06. The summed E-state index contributed by atoms with van der Waals surface area (Å²) in [5, 5.41) is 12.1. The lowest BCUT2D eigenvalue weighted by atomic mass is 9.81. The summed E-state index contributed by atoms with van der Waals surface area (Å²) in [5.41, 5.74) is 1.58. The predicted octanol–water partition coefficient (Wildman–Crippen LogP) is 4.36. The molecule has 6 nitrogen and oxygen atoms in total. The molecule has 1 aliphatic rings. The molecule has 7 heteroatoms. The molecular formula is C20H22FN5O. The Labute approximate surface area is 157 Å². The van der Waals surface area contributed by atoms with Gasteiger partial charge in [0.05, 0.1) is 28.9 Å². The largest absolute Gasteiger partial charge is 0.296 e. The van der Waals surface area contributed by atoms with E-state index in [1.54, 1.807) is 22.8 Å². The Hall–Kier alpha value is -3.01. The predicted molar refractivity (Wildman–Crippen MR) is 103 cm³/mol. The highest BCUT2D eigenvalue weighted by molar-refractivity contribution is 5.93. The third-order valence-corrected chi connectivity index (χ3v) is 4.94. The third kappa shape index (κ3) is 3.75. The van der Waals surface area contributed by atoms with Gasteiger partial charge in [-0.15, -0.1) is 0 Å². The van der Waals surface area contributed by atoms with Gasteiger partial charge in [0.25, 0.3) is 0 Å². The average molecular weight is 367 g/mol. The number of allylic oxidation sites excluding steroid dienone is 1. The number of amides is 1. The molecule has 0 fully saturated rings. The van der Waals surface area contributed by atoms with Crippen LogP contribution in [-0.2, 0) is 4.79 Å². The van der Waals surface area contributed by atoms with Gasteiger partial charge in [-0.25, -0.2) is 9.37 Å². The van der Waals surface area contributed by atoms with Crippen molar-refractivity contribution in [1.29, 1.82) is 5.26 Å². The van der Waals surface area contributed by atoms with Crippen molar-refractivity contribution in [3.63, 3.8) is 0 Å². The molecule has 1 N–H and O–H groups in total. The first kappa shape index (κ1) is 18.8. The van der Waals surface area contributed by atoms with E-state index in [2.05, 4.69) is 21.4 Å². The normalized spacial score (nSPS) is 18.1. The van der Waals surface area contributed by atoms with Crippen LogP contribution in [0.2, 0.25) is 0 Å². The molecule has 1 aromatic heterocycles. The van der Waals surface area contributed by atoms with Crippen LogP contribution in [-0.4, -0.2) is 21.7 Å². The second-order valence-corrected chi connectivity index (χ2v) is 7.78. The van der Waals surface area contributed by atoms with Gasteiger partial charge in [0.1, 0.15) is 12.0 Å². The van der Waals surface area contributed by atoms with E-state index in [9.17, 15) is 14.4 Å². The number of carbonyl (C=O) groups is 1. The molecule has 2 heterocycles. The van der Waals surface area contributed by atoms with Gasteiger partial charge >= 0.3 is 0 Å². The van der Waals surface area contributed by atoms with Crippen LogP contribution >= 0.6 is 0 Å². The number of dihydropyridines is 1. The number of anilines is 1. The molecule has 2 atom stereocenters. The lowest BCUT2D eigenvalue weighted by Crippen LogP contribution is -2.32. The van der Waals surface area contributed by atoms with E-state index in [0.717, 1.165) is 6.21 Å². The van der Waals surface area contributed by atoms with E-state index in [1.807, 2.05) is 27.7 Å². The molecular weight excluding hydrogens is 345 g/mol. The monoisotopic (exact) mass is 367 g/mol. The molecule has 1 aliphatic heterocycles. The van der Waals surface area contributed by atoms with E-state index < -0.39 is 6.17 Å². The van der Waals surface area contributed by atoms with Gasteiger partial charge < -0.3 is 0 Å². The first-order valence-electron chi connectivity index (χ1n) is 8.82. The quantitative estimate of drug-likeness (QED) is 0.875. The van der Waals surface area contributed by atoms with Gasteiger partial charge in [0.15, 0.2) is 0 Å². The van der Waals surface area contributed by atoms with E-state index in [0.29, 0.717) is 29.0 Å². The zero-order valence-electron chi connectivity index (χ0n) is 15.8. The minimum Gasteiger partial charge on any atom is -0.296 e. The standard InChI is InChI=1S/C20H22FN5O/c1-12(20(2,3)4)18(27)25-19-24-15-7-5-13(10-22)9-16(15)26(19)17-8-6-14(21)11-23-17/h5-7,9,11-12,17H,8H2,1-4H3,(H,24,25,27)/t12-,17?/m1/s1. The molecule has 27 heavy (non-hydrogen) atoms. The number of aromatic nitrogens is 2. The lowest BCUT2D eigenvalue weighted by Gasteiger charge is -2.26. The molecule has 0 bridgehead atoms. The van der Waals surface area contributed by atoms with Crippen LogP contribution in [0.15, 0.2) is 35.1 Å². The van der Waals surface area contributed by atoms with Crippen molar-refractivity contribution < 1.29 is 9.18 Å². The fraction of sp³-hybridized carbons (Fsp3) is 0.400. The average Bonchev–Trinajstić information content (AvgIpc) is 2.97. The van der Waals surface area contributed by atoms with Gasteiger partial charge in [-0.1, -0.05) is 27.7 Å². The second-order valence-electron chi connectivity index (χ2n) is 7.78. The van der Waals surface area contributed by atoms with Crippen molar-refractivity contribution >= 4 is 29.1 Å². The SMILES string of the molecule is C[C@H](C(=O)Nc1nc2ccc(C#N)cc2n1C1CC=C(F)C=N1)C(C)(C)C. The fourth-order valence-corrected chi connectivity index (χ4v) is 2.83. The maximum atomic E-state index is 13.4. The van der Waals surface area contributed by atoms with Gasteiger partial charge in [-0.2, -0.15) is 5.26 Å². The first-order chi connectivity index (χ1) is 12.7. The summed E-state index contributed by atoms with van der Waals surface area (Å²) >= 11 is 0. The number of hydrogen-bond donors (Lipinski definition) is 1. The number of aliphatic imine (C=N–C) groups is 1. The molecule has 2 aromatic rings. The zero-order valence-corrected chi connectivity index (χ0v) is 15.8. The third-order valence-electron chi connectivity index (χ3n) is 4.94. The van der Waals surface area contributed by atoms with E-state index >= 15 is 0 Å². The van der Waals surface area contributed by atoms with Crippen LogP contribution in [0, 0.1) is 22.7 Å². The first-order valence-corrected chi connectivity index (χ1v) is 8.82. The van der Waals surface area contributed by atoms with Crippen LogP contribution < -0.4 is 5.32 Å². The summed E-state index contributed by atoms with van der Waals surface area (Å²) in [6, 6.07) is 7.22. The summed E-state index contributed by atoms with van der Waals surface area (Å²) in [6.07, 6.45) is 2.50. The van der Waals surface area contributed by atoms with Gasteiger partial charge in [0.2, 0.25) is 11.9 Å². The zero-order chi connectivity index (χ0) is 19.8. The highest BCUT2D eigenvalue weighted by Crippen LogP contribution is 2.32. The van der Waals surface area contributed by atoms with Gasteiger partial charge in [-0.3, -0.25) is 19.7 Å². The Bertz CT molecular complexity index is 990. The maximum absolute atomic E-state index is 13.4. The maximum Gasteiger partial charge on any atom is 0.230 e. The number of fused-ring (bicyclic) bond motifs is 1. The fourth-order valence-electron chi connectivity index (χ4n) is 2.83. The van der Waals surface area contributed by atoms with E-state index in [4.69, 9.17) is 0 Å². The number of nitrogens with one attached hydrogen (secondary N) is 1. The van der Waals surface area contributed by atoms with Crippen LogP contribution in [0.25, 0.3) is 11.0 Å². The van der Waals surface area contributed by atoms with Crippen LogP contribution in [0.1, 0.15) is 45.8 Å². The molecule has 1 aromatic carbocycles. The van der Waals surface area contributed by atoms with Gasteiger partial charge in [-0.05, 0) is 29.7 Å². The molecule has 1 amide bonds. The van der Waals surface area contributed by atoms with Crippen molar-refractivity contribution in [2.24, 2.45) is 16.3 Å². The number of hydrogen-bond acceptors (Lipinski definition) is 4. The molecule has 0 saturated carbocycles. The van der Waals surface area contributed by atoms with Crippen molar-refractivity contribution in [3.8, 4) is 6.07 Å². The van der Waals surface area contributed by atoms with Crippen molar-refractivity contribution in [3.05, 3.63) is 35.7 Å². The second kappa shape index (κ2) is 6.95. The highest BCUT2D eigenvalue weighted by Gasteiger charge is 2.29. The summed E-state index contributed by atoms with van der Waals surface area (Å²) in [6.45, 7) is 7.86. The molecule has 1 unspecified atom stereocenters. The van der Waals surface area contributed by atoms with E-state index in [-0.39, 0.29) is 23.1 Å². The number of nitrogens with zero attached hydrogens (tertiary/aromatic N) is 4. The van der Waals surface area contributed by atoms with Crippen LogP contribution in [0.3, 0.4) is 0 Å². The number of rotatable bonds is 3. The number of imidazole rings is 1. The summed E-state index contributed by atoms with van der Waals surface area (Å²) < 4.78 is 15.1. The molecule has 0 spiro atoms. The Morgan fingerprint density at radius 2 is 2.19 bits per heavy atom. The van der Waals surface area contributed by atoms with Crippen LogP contribution in [0.4, 0.5) is 10.3 Å². The molecule has 3 rings (SSSR count). The molecule has 0 aliphatic carbocycles. The molecule has 0 radical (unpaired) electrons. The minimum absolute atomic E-state index is 0.152. The highest BCUT2D eigenvalue weighted by atomic mass is 19.1. The van der Waals surface area contributed by atoms with Crippen molar-refractivity contribution in [2.75, 3.05) is 5.32 Å². The smallest absolute Gasteiger partial charge is 0.230 e. The van der Waals surface area contributed by atoms with E-state index in [1.165, 1.54) is 6.08 Å². The molecule has 140 valence electrons. The summed E-state index contributed by atoms with van der Waals surface area (Å²) in [5.74, 6) is -0.437. The lowest BCUT2D eigenvalue weighted by molar-refractivity contribution is -0.122. The Kier molecular flexibility index (Phi) is 4.83. The number of nitriles is 1. The Morgan fingerprint density at radius 1 is 1.44 bits per heavy atom. The molecule has 0 saturated heterocycles. The topological polar surface area (TPSA) is 83.1 Å². The summed E-state index contributed by atoms with van der Waals surface area (Å²) in [4.78, 5) is 21.5. The number of carbonyl (C=O) groups excluding carboxylic acids is 1. The minimum atomic E-state index is -0.441. The van der Waals surface area contributed by atoms with Crippen LogP contribution in [0.5, 0.6) is 0 Å². The Morgan fingerprint density at radius 3 is 2.78 bits per heavy atom.